The van der Waals surface area contributed by atoms with E-state index in [0.29, 0.717) is 139 Å². The van der Waals surface area contributed by atoms with E-state index in [1.165, 1.54) is 17.3 Å². The number of aromatic amines is 1. The van der Waals surface area contributed by atoms with Crippen molar-refractivity contribution in [3.8, 4) is 39.1 Å². The number of ether oxygens (including phenoxy) is 4. The van der Waals surface area contributed by atoms with Crippen LogP contribution in [0.4, 0.5) is 10.2 Å². The number of carbonyl (C=O) groups excluding carboxylic acids is 2. The fourth-order valence-electron chi connectivity index (χ4n) is 10.3. The minimum atomic E-state index is -0.602. The lowest BCUT2D eigenvalue weighted by atomic mass is 9.93. The molecule has 2 unspecified atom stereocenters. The predicted octanol–water partition coefficient (Wildman–Crippen LogP) is 6.75. The molecule has 3 aromatic heterocycles. The van der Waals surface area contributed by atoms with Crippen molar-refractivity contribution in [3.05, 3.63) is 111 Å². The lowest BCUT2D eigenvalue weighted by Gasteiger charge is -2.35. The number of aromatic nitrogens is 5. The van der Waals surface area contributed by atoms with Gasteiger partial charge in [-0.05, 0) is 60.6 Å². The van der Waals surface area contributed by atoms with Crippen molar-refractivity contribution in [2.24, 2.45) is 11.6 Å². The van der Waals surface area contributed by atoms with Gasteiger partial charge in [0, 0.05) is 68.3 Å². The largest absolute Gasteiger partial charge is 0.489 e. The number of amides is 2. The quantitative estimate of drug-likeness (QED) is 0.0561. The first-order chi connectivity index (χ1) is 36.0. The Kier molecular flexibility index (Phi) is 14.0. The van der Waals surface area contributed by atoms with Crippen molar-refractivity contribution < 1.29 is 32.9 Å². The van der Waals surface area contributed by atoms with Gasteiger partial charge in [-0.3, -0.25) is 14.7 Å². The average molecular weight is 1040 g/mol. The molecule has 0 bridgehead atoms. The molecular weight excluding hydrogens is 987 g/mol. The van der Waals surface area contributed by atoms with Gasteiger partial charge in [0.2, 0.25) is 11.8 Å². The fraction of sp³-hybridized carbons (Fsp3) is 0.358. The Morgan fingerprint density at radius 2 is 1.85 bits per heavy atom. The molecule has 2 amide bonds. The van der Waals surface area contributed by atoms with E-state index in [2.05, 4.69) is 30.7 Å². The zero-order valence-corrected chi connectivity index (χ0v) is 42.5. The van der Waals surface area contributed by atoms with E-state index >= 15 is 4.39 Å². The molecule has 3 saturated heterocycles. The van der Waals surface area contributed by atoms with Crippen molar-refractivity contribution in [2.75, 3.05) is 57.4 Å². The summed E-state index contributed by atoms with van der Waals surface area (Å²) < 4.78 is 41.6. The molecule has 4 aliphatic rings. The van der Waals surface area contributed by atoms with Crippen LogP contribution in [-0.2, 0) is 27.5 Å². The van der Waals surface area contributed by atoms with Gasteiger partial charge in [0.25, 0.3) is 0 Å². The number of hydrazine groups is 1. The molecule has 0 aliphatic carbocycles. The number of halogens is 2. The maximum absolute atomic E-state index is 15.9. The number of hydrogen-bond donors (Lipinski definition) is 5. The van der Waals surface area contributed by atoms with Crippen LogP contribution >= 0.6 is 22.9 Å². The summed E-state index contributed by atoms with van der Waals surface area (Å²) in [5.41, 5.74) is 15.2. The van der Waals surface area contributed by atoms with Crippen LogP contribution in [0.15, 0.2) is 72.5 Å². The molecule has 11 rings (SSSR count). The number of nitrogens with two attached hydrogens (primary N) is 2. The van der Waals surface area contributed by atoms with Crippen LogP contribution in [0.5, 0.6) is 17.5 Å². The Bertz CT molecular complexity index is 3280. The van der Waals surface area contributed by atoms with Crippen LogP contribution in [0.3, 0.4) is 0 Å². The number of rotatable bonds is 14. The van der Waals surface area contributed by atoms with E-state index < -0.39 is 11.9 Å². The number of fused-ring (bicyclic) bond motifs is 3. The van der Waals surface area contributed by atoms with E-state index in [9.17, 15) is 9.59 Å². The van der Waals surface area contributed by atoms with Gasteiger partial charge < -0.3 is 50.1 Å². The van der Waals surface area contributed by atoms with Gasteiger partial charge in [0.15, 0.2) is 11.5 Å². The third-order valence-electron chi connectivity index (χ3n) is 14.2. The smallest absolute Gasteiger partial charge is 0.319 e. The Morgan fingerprint density at radius 1 is 1.05 bits per heavy atom. The van der Waals surface area contributed by atoms with Crippen LogP contribution in [-0.4, -0.2) is 118 Å². The molecule has 384 valence electrons. The molecule has 4 aliphatic heterocycles. The molecule has 3 fully saturated rings. The van der Waals surface area contributed by atoms with Crippen molar-refractivity contribution in [3.63, 3.8) is 0 Å². The van der Waals surface area contributed by atoms with E-state index in [1.807, 2.05) is 61.0 Å². The number of thiazole rings is 1. The number of nitrogens with one attached hydrogen (secondary N) is 3. The molecule has 21 heteroatoms. The lowest BCUT2D eigenvalue weighted by molar-refractivity contribution is -0.139. The monoisotopic (exact) mass is 1040 g/mol. The highest BCUT2D eigenvalue weighted by atomic mass is 35.5. The predicted molar refractivity (Wildman–Crippen MR) is 281 cm³/mol. The van der Waals surface area contributed by atoms with Crippen molar-refractivity contribution in [1.29, 1.82) is 0 Å². The standard InChI is InChI=1S/C53H56ClFN12O6S/c1-29-38(55)20-40-37(23-61-64-40)43(29)44-46(54)48-45-47(62-53(73-36-13-18-70-19-14-36)63-51(45)66-17-15-58-22-35(66)27-72-48)49(44)71-26-32-7-9-33(10-8-32)39(56)24-65(57)25-42(68)67-16-3-4-41(67)52(69)59-21-31-5-11-34(12-6-31)50-30(2)60-28-74-50/h5-12,20,23-24,28,35-36,41,58H,3-4,13-19,21-22,25-27,56-57H2,1-2H3,(H,59,69)(H,61,64)/b39-24-. The highest BCUT2D eigenvalue weighted by Crippen LogP contribution is 2.54. The minimum absolute atomic E-state index is 0.0405. The number of carbonyl (C=O) groups is 2. The van der Waals surface area contributed by atoms with Gasteiger partial charge in [-0.15, -0.1) is 11.3 Å². The van der Waals surface area contributed by atoms with Crippen LogP contribution in [0.25, 0.3) is 49.1 Å². The van der Waals surface area contributed by atoms with E-state index in [-0.39, 0.29) is 48.1 Å². The zero-order chi connectivity index (χ0) is 51.0. The fourth-order valence-corrected chi connectivity index (χ4v) is 11.4. The Hall–Kier alpha value is -7.10. The normalized spacial score (nSPS) is 18.0. The van der Waals surface area contributed by atoms with Gasteiger partial charge >= 0.3 is 6.01 Å². The number of H-pyrrole nitrogens is 1. The maximum atomic E-state index is 15.9. The highest BCUT2D eigenvalue weighted by Gasteiger charge is 2.37. The summed E-state index contributed by atoms with van der Waals surface area (Å²) in [6, 6.07) is 16.3. The maximum Gasteiger partial charge on any atom is 0.319 e. The first-order valence-electron chi connectivity index (χ1n) is 24.8. The molecule has 74 heavy (non-hydrogen) atoms. The Morgan fingerprint density at radius 3 is 2.64 bits per heavy atom. The van der Waals surface area contributed by atoms with Crippen molar-refractivity contribution in [2.45, 2.75) is 70.9 Å². The number of nitrogens with zero attached hydrogens (tertiary/aromatic N) is 7. The average Bonchev–Trinajstić information content (AvgIpc) is 4.19. The summed E-state index contributed by atoms with van der Waals surface area (Å²) in [7, 11) is 0. The molecule has 7 aromatic rings. The summed E-state index contributed by atoms with van der Waals surface area (Å²) in [5.74, 6) is 6.70. The summed E-state index contributed by atoms with van der Waals surface area (Å²) in [4.78, 5) is 46.4. The summed E-state index contributed by atoms with van der Waals surface area (Å²) >= 11 is 9.13. The van der Waals surface area contributed by atoms with Gasteiger partial charge in [-0.25, -0.2) is 15.2 Å². The first-order valence-corrected chi connectivity index (χ1v) is 26.1. The van der Waals surface area contributed by atoms with Gasteiger partial charge in [0.1, 0.15) is 49.1 Å². The van der Waals surface area contributed by atoms with Crippen LogP contribution in [0, 0.1) is 19.7 Å². The van der Waals surface area contributed by atoms with E-state index in [1.54, 1.807) is 29.4 Å². The third-order valence-corrected chi connectivity index (χ3v) is 15.6. The molecular formula is C53H56ClFN12O6S. The third kappa shape index (κ3) is 9.75. The van der Waals surface area contributed by atoms with E-state index in [0.717, 1.165) is 33.8 Å². The second-order valence-corrected chi connectivity index (χ2v) is 20.3. The topological polar surface area (TPSA) is 224 Å². The molecule has 18 nitrogen and oxygen atoms in total. The molecule has 2 atom stereocenters. The molecule has 0 radical (unpaired) electrons. The molecule has 7 heterocycles. The van der Waals surface area contributed by atoms with Crippen LogP contribution in [0.2, 0.25) is 5.02 Å². The second kappa shape index (κ2) is 21.0. The number of benzene rings is 4. The van der Waals surface area contributed by atoms with Crippen molar-refractivity contribution in [1.82, 2.24) is 45.7 Å². The summed E-state index contributed by atoms with van der Waals surface area (Å²) in [6.07, 6.45) is 5.60. The number of anilines is 1. The zero-order valence-electron chi connectivity index (χ0n) is 41.0. The van der Waals surface area contributed by atoms with Crippen LogP contribution < -0.4 is 41.3 Å². The van der Waals surface area contributed by atoms with Gasteiger partial charge in [-0.2, -0.15) is 15.1 Å². The second-order valence-electron chi connectivity index (χ2n) is 19.1. The number of likely N-dealkylation sites (tertiary alicyclic amines) is 1. The van der Waals surface area contributed by atoms with Gasteiger partial charge in [0.05, 0.1) is 63.2 Å². The van der Waals surface area contributed by atoms with E-state index in [4.69, 9.17) is 52.1 Å². The first kappa shape index (κ1) is 49.1. The highest BCUT2D eigenvalue weighted by molar-refractivity contribution is 7.13. The lowest BCUT2D eigenvalue weighted by Crippen LogP contribution is -2.53. The van der Waals surface area contributed by atoms with Crippen LogP contribution in [0.1, 0.15) is 53.6 Å². The Labute approximate surface area is 435 Å². The van der Waals surface area contributed by atoms with Crippen molar-refractivity contribution >= 4 is 68.1 Å². The number of aryl methyl sites for hydroxylation is 1. The number of piperazine rings is 1. The molecule has 7 N–H and O–H groups in total. The van der Waals surface area contributed by atoms with Gasteiger partial charge in [-0.1, -0.05) is 60.1 Å². The minimum Gasteiger partial charge on any atom is -0.489 e. The number of hydrogen-bond acceptors (Lipinski definition) is 16. The molecule has 4 aromatic carbocycles. The summed E-state index contributed by atoms with van der Waals surface area (Å²) in [5, 5.41) is 16.3. The molecule has 0 saturated carbocycles. The summed E-state index contributed by atoms with van der Waals surface area (Å²) in [6.45, 7) is 7.80. The SMILES string of the molecule is Cc1ncsc1-c1ccc(CNC(=O)C2CCCN2C(=O)CN(N)/C=C(\N)c2ccc(COc3c(-c4c(C)c(F)cc5[nH]ncc45)c(Cl)c4c5c(nc(OC6CCOCC6)nc35)N3CCNCC3CO4)cc2)cc1. The molecule has 0 spiro atoms. The Balaban J connectivity index is 0.830.